The van der Waals surface area contributed by atoms with Gasteiger partial charge in [-0.15, -0.1) is 0 Å². The Morgan fingerprint density at radius 3 is 2.25 bits per heavy atom. The molecule has 0 saturated carbocycles. The van der Waals surface area contributed by atoms with E-state index in [9.17, 15) is 9.59 Å². The number of hydrogen-bond acceptors (Lipinski definition) is 3. The van der Waals surface area contributed by atoms with E-state index in [1.807, 2.05) is 39.0 Å². The standard InChI is InChI=1S/C19H22N2O3/c1-19(2,3)21-17(22)14-7-9-16(10-8-14)20-12-13-5-4-6-15(11-13)18(23)24/h4-11,20H,12H2,1-3H3,(H,21,22)(H,23,24). The minimum Gasteiger partial charge on any atom is -0.478 e. The van der Waals surface area contributed by atoms with Crippen molar-refractivity contribution in [1.82, 2.24) is 5.32 Å². The van der Waals surface area contributed by atoms with Gasteiger partial charge in [0.1, 0.15) is 0 Å². The van der Waals surface area contributed by atoms with E-state index in [1.54, 1.807) is 30.3 Å². The molecule has 0 bridgehead atoms. The molecule has 24 heavy (non-hydrogen) atoms. The Bertz CT molecular complexity index is 731. The van der Waals surface area contributed by atoms with Gasteiger partial charge in [-0.1, -0.05) is 12.1 Å². The summed E-state index contributed by atoms with van der Waals surface area (Å²) in [5.41, 5.74) is 2.34. The Hall–Kier alpha value is -2.82. The lowest BCUT2D eigenvalue weighted by Crippen LogP contribution is -2.40. The lowest BCUT2D eigenvalue weighted by Gasteiger charge is -2.20. The lowest BCUT2D eigenvalue weighted by molar-refractivity contribution is 0.0696. The molecule has 0 aromatic heterocycles. The molecular weight excluding hydrogens is 304 g/mol. The zero-order valence-corrected chi connectivity index (χ0v) is 14.1. The van der Waals surface area contributed by atoms with Gasteiger partial charge >= 0.3 is 5.97 Å². The van der Waals surface area contributed by atoms with Gasteiger partial charge in [0.25, 0.3) is 5.91 Å². The second-order valence-corrected chi connectivity index (χ2v) is 6.64. The third-order valence-electron chi connectivity index (χ3n) is 3.31. The van der Waals surface area contributed by atoms with E-state index in [-0.39, 0.29) is 17.0 Å². The Balaban J connectivity index is 1.98. The summed E-state index contributed by atoms with van der Waals surface area (Å²) in [5, 5.41) is 15.1. The minimum absolute atomic E-state index is 0.108. The third-order valence-corrected chi connectivity index (χ3v) is 3.31. The van der Waals surface area contributed by atoms with Crippen molar-refractivity contribution in [3.63, 3.8) is 0 Å². The molecule has 2 aromatic carbocycles. The van der Waals surface area contributed by atoms with Crippen LogP contribution < -0.4 is 10.6 Å². The molecule has 0 aliphatic carbocycles. The Morgan fingerprint density at radius 2 is 1.67 bits per heavy atom. The van der Waals surface area contributed by atoms with Crippen LogP contribution in [0.1, 0.15) is 47.1 Å². The van der Waals surface area contributed by atoms with Gasteiger partial charge in [0.05, 0.1) is 5.56 Å². The van der Waals surface area contributed by atoms with Crippen LogP contribution in [0.2, 0.25) is 0 Å². The zero-order chi connectivity index (χ0) is 17.7. The second-order valence-electron chi connectivity index (χ2n) is 6.64. The number of aromatic carboxylic acids is 1. The minimum atomic E-state index is -0.939. The first-order valence-corrected chi connectivity index (χ1v) is 7.73. The van der Waals surface area contributed by atoms with Crippen LogP contribution in [0.3, 0.4) is 0 Å². The van der Waals surface area contributed by atoms with E-state index in [0.717, 1.165) is 11.3 Å². The summed E-state index contributed by atoms with van der Waals surface area (Å²) >= 11 is 0. The number of benzene rings is 2. The number of nitrogens with one attached hydrogen (secondary N) is 2. The van der Waals surface area contributed by atoms with Crippen LogP contribution in [0, 0.1) is 0 Å². The maximum Gasteiger partial charge on any atom is 0.335 e. The predicted octanol–water partition coefficient (Wildman–Crippen LogP) is 3.53. The fraction of sp³-hybridized carbons (Fsp3) is 0.263. The number of amides is 1. The average molecular weight is 326 g/mol. The zero-order valence-electron chi connectivity index (χ0n) is 14.1. The summed E-state index contributed by atoms with van der Waals surface area (Å²) in [6.07, 6.45) is 0. The van der Waals surface area contributed by atoms with Gasteiger partial charge in [-0.25, -0.2) is 4.79 Å². The van der Waals surface area contributed by atoms with Gasteiger partial charge in [-0.05, 0) is 62.7 Å². The number of carboxylic acids is 1. The SMILES string of the molecule is CC(C)(C)NC(=O)c1ccc(NCc2cccc(C(=O)O)c2)cc1. The number of carbonyl (C=O) groups is 2. The van der Waals surface area contributed by atoms with Crippen LogP contribution in [-0.4, -0.2) is 22.5 Å². The lowest BCUT2D eigenvalue weighted by atomic mass is 10.1. The van der Waals surface area contributed by atoms with E-state index in [4.69, 9.17) is 5.11 Å². The average Bonchev–Trinajstić information content (AvgIpc) is 2.52. The van der Waals surface area contributed by atoms with Crippen molar-refractivity contribution in [3.05, 3.63) is 65.2 Å². The van der Waals surface area contributed by atoms with Crippen LogP contribution in [0.4, 0.5) is 5.69 Å². The van der Waals surface area contributed by atoms with Gasteiger partial charge in [-0.3, -0.25) is 4.79 Å². The fourth-order valence-corrected chi connectivity index (χ4v) is 2.17. The highest BCUT2D eigenvalue weighted by Crippen LogP contribution is 2.13. The summed E-state index contributed by atoms with van der Waals surface area (Å²) in [6.45, 7) is 6.32. The molecule has 3 N–H and O–H groups in total. The first-order chi connectivity index (χ1) is 11.2. The molecule has 0 aliphatic rings. The van der Waals surface area contributed by atoms with E-state index in [1.165, 1.54) is 0 Å². The van der Waals surface area contributed by atoms with Gasteiger partial charge in [-0.2, -0.15) is 0 Å². The Labute approximate surface area is 141 Å². The maximum atomic E-state index is 12.1. The van der Waals surface area contributed by atoms with Gasteiger partial charge < -0.3 is 15.7 Å². The largest absolute Gasteiger partial charge is 0.478 e. The van der Waals surface area contributed by atoms with E-state index < -0.39 is 5.97 Å². The molecule has 0 atom stereocenters. The van der Waals surface area contributed by atoms with Crippen molar-refractivity contribution in [1.29, 1.82) is 0 Å². The molecule has 0 heterocycles. The maximum absolute atomic E-state index is 12.1. The fourth-order valence-electron chi connectivity index (χ4n) is 2.17. The molecule has 0 spiro atoms. The number of carbonyl (C=O) groups excluding carboxylic acids is 1. The van der Waals surface area contributed by atoms with Crippen LogP contribution >= 0.6 is 0 Å². The Kier molecular flexibility index (Phi) is 5.24. The monoisotopic (exact) mass is 326 g/mol. The summed E-state index contributed by atoms with van der Waals surface area (Å²) in [6, 6.07) is 14.0. The highest BCUT2D eigenvalue weighted by molar-refractivity contribution is 5.95. The van der Waals surface area contributed by atoms with Crippen molar-refractivity contribution in [2.75, 3.05) is 5.32 Å². The smallest absolute Gasteiger partial charge is 0.335 e. The van der Waals surface area contributed by atoms with Crippen LogP contribution in [0.15, 0.2) is 48.5 Å². The molecule has 0 saturated heterocycles. The summed E-state index contributed by atoms with van der Waals surface area (Å²) in [5.74, 6) is -1.05. The highest BCUT2D eigenvalue weighted by Gasteiger charge is 2.14. The van der Waals surface area contributed by atoms with E-state index >= 15 is 0 Å². The molecule has 0 aliphatic heterocycles. The van der Waals surface area contributed by atoms with E-state index in [0.29, 0.717) is 12.1 Å². The molecule has 0 unspecified atom stereocenters. The molecular formula is C19H22N2O3. The third kappa shape index (κ3) is 5.12. The Morgan fingerprint density at radius 1 is 1.00 bits per heavy atom. The van der Waals surface area contributed by atoms with Crippen molar-refractivity contribution in [3.8, 4) is 0 Å². The quantitative estimate of drug-likeness (QED) is 0.785. The molecule has 126 valence electrons. The summed E-state index contributed by atoms with van der Waals surface area (Å²) in [7, 11) is 0. The summed E-state index contributed by atoms with van der Waals surface area (Å²) in [4.78, 5) is 23.0. The molecule has 5 heteroatoms. The topological polar surface area (TPSA) is 78.4 Å². The normalized spacial score (nSPS) is 11.0. The first kappa shape index (κ1) is 17.5. The number of anilines is 1. The second kappa shape index (κ2) is 7.17. The van der Waals surface area contributed by atoms with Crippen molar-refractivity contribution < 1.29 is 14.7 Å². The molecule has 1 amide bonds. The highest BCUT2D eigenvalue weighted by atomic mass is 16.4. The van der Waals surface area contributed by atoms with Crippen LogP contribution in [0.25, 0.3) is 0 Å². The van der Waals surface area contributed by atoms with Gasteiger partial charge in [0, 0.05) is 23.3 Å². The molecule has 5 nitrogen and oxygen atoms in total. The predicted molar refractivity (Wildman–Crippen MR) is 94.4 cm³/mol. The van der Waals surface area contributed by atoms with Gasteiger partial charge in [0.15, 0.2) is 0 Å². The van der Waals surface area contributed by atoms with Crippen molar-refractivity contribution in [2.45, 2.75) is 32.9 Å². The van der Waals surface area contributed by atoms with Crippen LogP contribution in [-0.2, 0) is 6.54 Å². The molecule has 0 radical (unpaired) electrons. The van der Waals surface area contributed by atoms with Crippen LogP contribution in [0.5, 0.6) is 0 Å². The van der Waals surface area contributed by atoms with Gasteiger partial charge in [0.2, 0.25) is 0 Å². The summed E-state index contributed by atoms with van der Waals surface area (Å²) < 4.78 is 0. The van der Waals surface area contributed by atoms with E-state index in [2.05, 4.69) is 10.6 Å². The molecule has 2 rings (SSSR count). The number of rotatable bonds is 5. The first-order valence-electron chi connectivity index (χ1n) is 7.73. The van der Waals surface area contributed by atoms with Crippen molar-refractivity contribution >= 4 is 17.6 Å². The van der Waals surface area contributed by atoms with Crippen molar-refractivity contribution in [2.24, 2.45) is 0 Å². The number of carboxylic acid groups (broad SMARTS) is 1. The number of hydrogen-bond donors (Lipinski definition) is 3. The molecule has 2 aromatic rings. The molecule has 0 fully saturated rings.